The average Bonchev–Trinajstić information content (AvgIpc) is 2.47. The van der Waals surface area contributed by atoms with Crippen LogP contribution in [0.1, 0.15) is 66.2 Å². The standard InChI is InChI=1S/C18H33NO2/c1-13(2)14-7-5-9-16(11-14)19-10-6-8-15(12-19)18(3,4)17(20)21/h13-16H,5-12H2,1-4H3,(H,20,21). The van der Waals surface area contributed by atoms with E-state index < -0.39 is 11.4 Å². The second kappa shape index (κ2) is 6.68. The molecule has 2 fully saturated rings. The summed E-state index contributed by atoms with van der Waals surface area (Å²) in [7, 11) is 0. The zero-order chi connectivity index (χ0) is 15.6. The van der Waals surface area contributed by atoms with Crippen molar-refractivity contribution in [3.05, 3.63) is 0 Å². The third-order valence-corrected chi connectivity index (χ3v) is 6.17. The summed E-state index contributed by atoms with van der Waals surface area (Å²) in [5, 5.41) is 9.49. The van der Waals surface area contributed by atoms with Crippen molar-refractivity contribution in [3.8, 4) is 0 Å². The fraction of sp³-hybridized carbons (Fsp3) is 0.944. The lowest BCUT2D eigenvalue weighted by molar-refractivity contribution is -0.151. The Labute approximate surface area is 130 Å². The molecule has 0 aromatic heterocycles. The van der Waals surface area contributed by atoms with Gasteiger partial charge in [0.05, 0.1) is 5.41 Å². The van der Waals surface area contributed by atoms with Crippen LogP contribution in [-0.4, -0.2) is 35.1 Å². The number of hydrogen-bond donors (Lipinski definition) is 1. The van der Waals surface area contributed by atoms with Crippen LogP contribution in [0.4, 0.5) is 0 Å². The first-order valence-electron chi connectivity index (χ1n) is 8.79. The van der Waals surface area contributed by atoms with Gasteiger partial charge in [-0.3, -0.25) is 4.79 Å². The molecule has 0 amide bonds. The quantitative estimate of drug-likeness (QED) is 0.851. The molecule has 2 aliphatic rings. The minimum atomic E-state index is -0.641. The molecule has 21 heavy (non-hydrogen) atoms. The highest BCUT2D eigenvalue weighted by Gasteiger charge is 2.40. The number of piperidine rings is 1. The summed E-state index contributed by atoms with van der Waals surface area (Å²) < 4.78 is 0. The van der Waals surface area contributed by atoms with Gasteiger partial charge in [-0.05, 0) is 63.8 Å². The molecular formula is C18H33NO2. The largest absolute Gasteiger partial charge is 0.481 e. The Bertz CT molecular complexity index is 364. The van der Waals surface area contributed by atoms with Gasteiger partial charge in [-0.15, -0.1) is 0 Å². The molecule has 1 aliphatic carbocycles. The summed E-state index contributed by atoms with van der Waals surface area (Å²) >= 11 is 0. The summed E-state index contributed by atoms with van der Waals surface area (Å²) in [6, 6.07) is 0.693. The Morgan fingerprint density at radius 3 is 2.52 bits per heavy atom. The van der Waals surface area contributed by atoms with Crippen LogP contribution in [0.5, 0.6) is 0 Å². The van der Waals surface area contributed by atoms with Gasteiger partial charge in [0, 0.05) is 12.6 Å². The van der Waals surface area contributed by atoms with E-state index in [1.165, 1.54) is 32.2 Å². The summed E-state index contributed by atoms with van der Waals surface area (Å²) in [4.78, 5) is 14.1. The van der Waals surface area contributed by atoms with Crippen molar-refractivity contribution in [2.75, 3.05) is 13.1 Å². The summed E-state index contributed by atoms with van der Waals surface area (Å²) in [6.07, 6.45) is 7.57. The van der Waals surface area contributed by atoms with Gasteiger partial charge < -0.3 is 10.0 Å². The Hall–Kier alpha value is -0.570. The fourth-order valence-electron chi connectivity index (χ4n) is 4.24. The fourth-order valence-corrected chi connectivity index (χ4v) is 4.24. The zero-order valence-electron chi connectivity index (χ0n) is 14.3. The van der Waals surface area contributed by atoms with Crippen molar-refractivity contribution in [1.82, 2.24) is 4.90 Å². The van der Waals surface area contributed by atoms with E-state index in [1.54, 1.807) is 0 Å². The molecule has 0 spiro atoms. The summed E-state index contributed by atoms with van der Waals surface area (Å²) in [5.74, 6) is 1.29. The Kier molecular flexibility index (Phi) is 5.34. The molecule has 1 N–H and O–H groups in total. The molecule has 2 rings (SSSR count). The van der Waals surface area contributed by atoms with Crippen LogP contribution in [0.2, 0.25) is 0 Å². The Morgan fingerprint density at radius 1 is 1.19 bits per heavy atom. The predicted octanol–water partition coefficient (Wildman–Crippen LogP) is 4.02. The van der Waals surface area contributed by atoms with Crippen molar-refractivity contribution in [2.24, 2.45) is 23.2 Å². The molecule has 1 heterocycles. The normalized spacial score (nSPS) is 32.3. The minimum absolute atomic E-state index is 0.295. The number of carbonyl (C=O) groups is 1. The molecule has 3 nitrogen and oxygen atoms in total. The molecule has 3 unspecified atom stereocenters. The van der Waals surface area contributed by atoms with E-state index in [0.29, 0.717) is 12.0 Å². The Morgan fingerprint density at radius 2 is 1.90 bits per heavy atom. The summed E-state index contributed by atoms with van der Waals surface area (Å²) in [5.41, 5.74) is -0.592. The summed E-state index contributed by atoms with van der Waals surface area (Å²) in [6.45, 7) is 10.7. The van der Waals surface area contributed by atoms with Crippen molar-refractivity contribution < 1.29 is 9.90 Å². The van der Waals surface area contributed by atoms with Gasteiger partial charge in [0.2, 0.25) is 0 Å². The topological polar surface area (TPSA) is 40.5 Å². The van der Waals surface area contributed by atoms with E-state index in [4.69, 9.17) is 0 Å². The molecule has 0 aromatic carbocycles. The zero-order valence-corrected chi connectivity index (χ0v) is 14.3. The van der Waals surface area contributed by atoms with Gasteiger partial charge in [0.15, 0.2) is 0 Å². The smallest absolute Gasteiger partial charge is 0.309 e. The van der Waals surface area contributed by atoms with E-state index in [2.05, 4.69) is 18.7 Å². The lowest BCUT2D eigenvalue weighted by atomic mass is 9.73. The lowest BCUT2D eigenvalue weighted by Gasteiger charge is -2.45. The highest BCUT2D eigenvalue weighted by molar-refractivity contribution is 5.74. The highest BCUT2D eigenvalue weighted by Crippen LogP contribution is 2.38. The molecule has 3 heteroatoms. The van der Waals surface area contributed by atoms with E-state index in [-0.39, 0.29) is 0 Å². The molecule has 3 atom stereocenters. The number of carboxylic acid groups (broad SMARTS) is 1. The lowest BCUT2D eigenvalue weighted by Crippen LogP contribution is -2.49. The minimum Gasteiger partial charge on any atom is -0.481 e. The first kappa shape index (κ1) is 16.8. The molecule has 0 bridgehead atoms. The van der Waals surface area contributed by atoms with Crippen molar-refractivity contribution in [2.45, 2.75) is 72.3 Å². The monoisotopic (exact) mass is 295 g/mol. The van der Waals surface area contributed by atoms with Crippen molar-refractivity contribution in [1.29, 1.82) is 0 Å². The predicted molar refractivity (Wildman–Crippen MR) is 86.3 cm³/mol. The Balaban J connectivity index is 1.99. The van der Waals surface area contributed by atoms with Gasteiger partial charge in [-0.1, -0.05) is 26.7 Å². The van der Waals surface area contributed by atoms with Crippen molar-refractivity contribution >= 4 is 5.97 Å². The van der Waals surface area contributed by atoms with Gasteiger partial charge in [0.25, 0.3) is 0 Å². The molecule has 122 valence electrons. The number of likely N-dealkylation sites (tertiary alicyclic amines) is 1. The number of carboxylic acids is 1. The molecule has 1 aliphatic heterocycles. The van der Waals surface area contributed by atoms with Gasteiger partial charge >= 0.3 is 5.97 Å². The second-order valence-electron chi connectivity index (χ2n) is 8.19. The van der Waals surface area contributed by atoms with E-state index in [1.807, 2.05) is 13.8 Å². The SMILES string of the molecule is CC(C)C1CCCC(N2CCCC(C(C)(C)C(=O)O)C2)C1. The maximum Gasteiger partial charge on any atom is 0.309 e. The van der Waals surface area contributed by atoms with E-state index in [0.717, 1.165) is 31.2 Å². The third kappa shape index (κ3) is 3.80. The highest BCUT2D eigenvalue weighted by atomic mass is 16.4. The molecular weight excluding hydrogens is 262 g/mol. The van der Waals surface area contributed by atoms with Crippen LogP contribution in [-0.2, 0) is 4.79 Å². The number of aliphatic carboxylic acids is 1. The van der Waals surface area contributed by atoms with Gasteiger partial charge in [-0.25, -0.2) is 0 Å². The van der Waals surface area contributed by atoms with Crippen LogP contribution in [0, 0.1) is 23.2 Å². The molecule has 1 saturated carbocycles. The molecule has 0 aromatic rings. The van der Waals surface area contributed by atoms with Crippen LogP contribution < -0.4 is 0 Å². The molecule has 1 saturated heterocycles. The van der Waals surface area contributed by atoms with Crippen LogP contribution in [0.3, 0.4) is 0 Å². The van der Waals surface area contributed by atoms with Crippen molar-refractivity contribution in [3.63, 3.8) is 0 Å². The first-order chi connectivity index (χ1) is 9.82. The van der Waals surface area contributed by atoms with Crippen LogP contribution in [0.15, 0.2) is 0 Å². The number of nitrogens with zero attached hydrogens (tertiary/aromatic N) is 1. The third-order valence-electron chi connectivity index (χ3n) is 6.17. The van der Waals surface area contributed by atoms with Gasteiger partial charge in [-0.2, -0.15) is 0 Å². The maximum absolute atomic E-state index is 11.5. The number of rotatable bonds is 4. The second-order valence-corrected chi connectivity index (χ2v) is 8.19. The first-order valence-corrected chi connectivity index (χ1v) is 8.79. The van der Waals surface area contributed by atoms with Gasteiger partial charge in [0.1, 0.15) is 0 Å². The van der Waals surface area contributed by atoms with E-state index in [9.17, 15) is 9.90 Å². The van der Waals surface area contributed by atoms with E-state index >= 15 is 0 Å². The average molecular weight is 295 g/mol. The van der Waals surface area contributed by atoms with Crippen LogP contribution >= 0.6 is 0 Å². The number of hydrogen-bond acceptors (Lipinski definition) is 2. The molecule has 0 radical (unpaired) electrons. The maximum atomic E-state index is 11.5. The van der Waals surface area contributed by atoms with Crippen LogP contribution in [0.25, 0.3) is 0 Å².